The first-order valence-electron chi connectivity index (χ1n) is 13.8. The van der Waals surface area contributed by atoms with Gasteiger partial charge >= 0.3 is 5.97 Å². The lowest BCUT2D eigenvalue weighted by molar-refractivity contribution is -0.138. The maximum absolute atomic E-state index is 12.0. The van der Waals surface area contributed by atoms with Crippen molar-refractivity contribution < 1.29 is 14.0 Å². The van der Waals surface area contributed by atoms with Gasteiger partial charge in [0, 0.05) is 6.42 Å². The number of ether oxygens (including phenoxy) is 1. The van der Waals surface area contributed by atoms with E-state index in [-0.39, 0.29) is 11.0 Å². The summed E-state index contributed by atoms with van der Waals surface area (Å²) in [6.07, 6.45) is 20.8. The summed E-state index contributed by atoms with van der Waals surface area (Å²) in [7, 11) is -1.83. The van der Waals surface area contributed by atoms with Gasteiger partial charge in [-0.3, -0.25) is 4.79 Å². The zero-order valence-corrected chi connectivity index (χ0v) is 24.1. The third kappa shape index (κ3) is 14.0. The number of carbonyl (C=O) groups is 1. The van der Waals surface area contributed by atoms with Gasteiger partial charge in [-0.2, -0.15) is 0 Å². The highest BCUT2D eigenvalue weighted by Crippen LogP contribution is 2.37. The fourth-order valence-electron chi connectivity index (χ4n) is 3.63. The first-order valence-corrected chi connectivity index (χ1v) is 16.7. The van der Waals surface area contributed by atoms with Crippen molar-refractivity contribution in [2.75, 3.05) is 0 Å². The molecule has 0 heterocycles. The number of hydrogen-bond donors (Lipinski definition) is 0. The van der Waals surface area contributed by atoms with Crippen LogP contribution in [-0.2, 0) is 9.53 Å². The molecule has 0 saturated heterocycles. The number of rotatable bonds is 18. The van der Waals surface area contributed by atoms with Crippen molar-refractivity contribution in [3.05, 3.63) is 36.1 Å². The maximum Gasteiger partial charge on any atom is 0.310 e. The number of unbranched alkanes of at least 4 members (excludes halogenated alkanes) is 12. The van der Waals surface area contributed by atoms with E-state index in [2.05, 4.69) is 40.8 Å². The van der Waals surface area contributed by atoms with Crippen LogP contribution in [-0.4, -0.2) is 14.3 Å². The van der Waals surface area contributed by atoms with Crippen molar-refractivity contribution in [1.29, 1.82) is 0 Å². The Bertz CT molecular complexity index is 686. The SMILES string of the molecule is CCCCCCCCCCCCCCCC(=O)O/C=C/c1ccc(O[Si](C)(C)C(C)(C)C)cc1. The lowest BCUT2D eigenvalue weighted by Gasteiger charge is -2.36. The first kappa shape index (κ1) is 30.5. The van der Waals surface area contributed by atoms with Crippen LogP contribution in [0.15, 0.2) is 30.5 Å². The molecule has 0 fully saturated rings. The molecule has 1 aromatic rings. The minimum Gasteiger partial charge on any atom is -0.544 e. The summed E-state index contributed by atoms with van der Waals surface area (Å²) >= 11 is 0. The van der Waals surface area contributed by atoms with E-state index in [1.165, 1.54) is 76.9 Å². The smallest absolute Gasteiger partial charge is 0.310 e. The van der Waals surface area contributed by atoms with Gasteiger partial charge in [0.1, 0.15) is 5.75 Å². The highest BCUT2D eigenvalue weighted by Gasteiger charge is 2.38. The molecule has 1 aromatic carbocycles. The molecule has 0 atom stereocenters. The van der Waals surface area contributed by atoms with Gasteiger partial charge in [-0.05, 0) is 48.3 Å². The Balaban J connectivity index is 2.09. The minimum absolute atomic E-state index is 0.141. The average molecular weight is 489 g/mol. The highest BCUT2D eigenvalue weighted by atomic mass is 28.4. The molecule has 0 aliphatic carbocycles. The van der Waals surface area contributed by atoms with E-state index in [9.17, 15) is 4.79 Å². The van der Waals surface area contributed by atoms with Gasteiger partial charge < -0.3 is 9.16 Å². The third-order valence-electron chi connectivity index (χ3n) is 7.00. The molecule has 0 bridgehead atoms. The van der Waals surface area contributed by atoms with Gasteiger partial charge in [0.25, 0.3) is 0 Å². The zero-order chi connectivity index (χ0) is 25.3. The molecule has 0 spiro atoms. The second-order valence-corrected chi connectivity index (χ2v) is 15.9. The summed E-state index contributed by atoms with van der Waals surface area (Å²) in [6.45, 7) is 13.5. The van der Waals surface area contributed by atoms with Crippen molar-refractivity contribution >= 4 is 20.4 Å². The van der Waals surface area contributed by atoms with E-state index in [0.717, 1.165) is 24.2 Å². The van der Waals surface area contributed by atoms with Crippen LogP contribution in [0.1, 0.15) is 123 Å². The van der Waals surface area contributed by atoms with E-state index < -0.39 is 8.32 Å². The fourth-order valence-corrected chi connectivity index (χ4v) is 4.66. The molecule has 0 aliphatic rings. The molecule has 0 radical (unpaired) electrons. The van der Waals surface area contributed by atoms with Crippen LogP contribution in [0.3, 0.4) is 0 Å². The monoisotopic (exact) mass is 488 g/mol. The van der Waals surface area contributed by atoms with Gasteiger partial charge in [-0.1, -0.05) is 117 Å². The van der Waals surface area contributed by atoms with Crippen molar-refractivity contribution in [1.82, 2.24) is 0 Å². The Labute approximate surface area is 211 Å². The molecule has 0 aromatic heterocycles. The summed E-state index contributed by atoms with van der Waals surface area (Å²) < 4.78 is 11.6. The average Bonchev–Trinajstić information content (AvgIpc) is 2.77. The molecule has 34 heavy (non-hydrogen) atoms. The molecule has 0 aliphatic heterocycles. The lowest BCUT2D eigenvalue weighted by Crippen LogP contribution is -2.43. The Morgan fingerprint density at radius 2 is 1.26 bits per heavy atom. The maximum atomic E-state index is 12.0. The number of hydrogen-bond acceptors (Lipinski definition) is 3. The van der Waals surface area contributed by atoms with E-state index in [4.69, 9.17) is 9.16 Å². The molecular formula is C30H52O3Si. The van der Waals surface area contributed by atoms with Crippen LogP contribution in [0, 0.1) is 0 Å². The summed E-state index contributed by atoms with van der Waals surface area (Å²) in [5.74, 6) is 0.764. The minimum atomic E-state index is -1.83. The second kappa shape index (κ2) is 17.0. The Morgan fingerprint density at radius 1 is 0.794 bits per heavy atom. The second-order valence-electron chi connectivity index (χ2n) is 11.2. The normalized spacial score (nSPS) is 12.3. The van der Waals surface area contributed by atoms with Crippen LogP contribution in [0.4, 0.5) is 0 Å². The van der Waals surface area contributed by atoms with Gasteiger partial charge in [0.2, 0.25) is 8.32 Å². The summed E-state index contributed by atoms with van der Waals surface area (Å²) in [5, 5.41) is 0.174. The summed E-state index contributed by atoms with van der Waals surface area (Å²) in [5.41, 5.74) is 0.997. The highest BCUT2D eigenvalue weighted by molar-refractivity contribution is 6.74. The standard InChI is InChI=1S/C30H52O3Si/c1-7-8-9-10-11-12-13-14-15-16-17-18-19-20-29(31)32-26-25-27-21-23-28(24-22-27)33-34(5,6)30(2,3)4/h21-26H,7-20H2,1-6H3/b26-25+. The molecular weight excluding hydrogens is 436 g/mol. The van der Waals surface area contributed by atoms with Crippen LogP contribution >= 0.6 is 0 Å². The fraction of sp³-hybridized carbons (Fsp3) is 0.700. The van der Waals surface area contributed by atoms with Crippen LogP contribution < -0.4 is 4.43 Å². The van der Waals surface area contributed by atoms with Crippen molar-refractivity contribution in [2.45, 2.75) is 136 Å². The molecule has 3 nitrogen and oxygen atoms in total. The molecule has 4 heteroatoms. The van der Waals surface area contributed by atoms with Crippen LogP contribution in [0.25, 0.3) is 6.08 Å². The van der Waals surface area contributed by atoms with Crippen molar-refractivity contribution in [3.63, 3.8) is 0 Å². The molecule has 0 unspecified atom stereocenters. The van der Waals surface area contributed by atoms with Crippen molar-refractivity contribution in [2.24, 2.45) is 0 Å². The van der Waals surface area contributed by atoms with Gasteiger partial charge in [0.05, 0.1) is 6.26 Å². The number of esters is 1. The van der Waals surface area contributed by atoms with Gasteiger partial charge in [-0.15, -0.1) is 0 Å². The van der Waals surface area contributed by atoms with E-state index >= 15 is 0 Å². The lowest BCUT2D eigenvalue weighted by atomic mass is 10.0. The molecule has 0 N–H and O–H groups in total. The first-order chi connectivity index (χ1) is 16.2. The topological polar surface area (TPSA) is 35.5 Å². The largest absolute Gasteiger partial charge is 0.544 e. The van der Waals surface area contributed by atoms with Crippen molar-refractivity contribution in [3.8, 4) is 5.75 Å². The van der Waals surface area contributed by atoms with Gasteiger partial charge in [-0.25, -0.2) is 0 Å². The molecule has 1 rings (SSSR count). The van der Waals surface area contributed by atoms with E-state index in [1.807, 2.05) is 30.3 Å². The number of benzene rings is 1. The summed E-state index contributed by atoms with van der Waals surface area (Å²) in [4.78, 5) is 12.0. The predicted octanol–water partition coefficient (Wildman–Crippen LogP) is 10.1. The summed E-state index contributed by atoms with van der Waals surface area (Å²) in [6, 6.07) is 7.99. The molecule has 0 saturated carbocycles. The van der Waals surface area contributed by atoms with Crippen LogP contribution in [0.2, 0.25) is 18.1 Å². The molecule has 0 amide bonds. The Morgan fingerprint density at radius 3 is 1.74 bits per heavy atom. The van der Waals surface area contributed by atoms with Gasteiger partial charge in [0.15, 0.2) is 0 Å². The third-order valence-corrected chi connectivity index (χ3v) is 11.4. The quantitative estimate of drug-likeness (QED) is 0.0892. The number of carbonyl (C=O) groups excluding carboxylic acids is 1. The van der Waals surface area contributed by atoms with Crippen LogP contribution in [0.5, 0.6) is 5.75 Å². The predicted molar refractivity (Wildman–Crippen MR) is 150 cm³/mol. The Hall–Kier alpha value is -1.55. The Kier molecular flexibility index (Phi) is 15.2. The van der Waals surface area contributed by atoms with E-state index in [1.54, 1.807) is 0 Å². The zero-order valence-electron chi connectivity index (χ0n) is 23.1. The van der Waals surface area contributed by atoms with E-state index in [0.29, 0.717) is 6.42 Å². The molecule has 194 valence electrons.